The van der Waals surface area contributed by atoms with Crippen molar-refractivity contribution in [3.8, 4) is 11.1 Å². The normalized spacial score (nSPS) is 14.8. The van der Waals surface area contributed by atoms with E-state index in [0.717, 1.165) is 27.9 Å². The molecule has 0 atom stereocenters. The summed E-state index contributed by atoms with van der Waals surface area (Å²) in [5.74, 6) is -0.426. The summed E-state index contributed by atoms with van der Waals surface area (Å²) in [6, 6.07) is 5.38. The summed E-state index contributed by atoms with van der Waals surface area (Å²) >= 11 is 0. The Balaban J connectivity index is 1.73. The van der Waals surface area contributed by atoms with Crippen LogP contribution in [0.3, 0.4) is 0 Å². The van der Waals surface area contributed by atoms with E-state index in [2.05, 4.69) is 4.98 Å². The molecule has 1 aliphatic heterocycles. The molecule has 0 saturated carbocycles. The van der Waals surface area contributed by atoms with Crippen LogP contribution in [0.25, 0.3) is 16.6 Å². The predicted molar refractivity (Wildman–Crippen MR) is 147 cm³/mol. The van der Waals surface area contributed by atoms with Crippen LogP contribution in [-0.4, -0.2) is 68.9 Å². The highest BCUT2D eigenvalue weighted by Gasteiger charge is 2.30. The monoisotopic (exact) mass is 558 g/mol. The molecule has 1 fully saturated rings. The van der Waals surface area contributed by atoms with Crippen LogP contribution in [0.4, 0.5) is 18.0 Å². The zero-order valence-electron chi connectivity index (χ0n) is 23.9. The Morgan fingerprint density at radius 2 is 1.80 bits per heavy atom. The summed E-state index contributed by atoms with van der Waals surface area (Å²) in [5.41, 5.74) is 2.27. The molecule has 1 aliphatic rings. The third-order valence-electron chi connectivity index (χ3n) is 7.19. The average Bonchev–Trinajstić information content (AvgIpc) is 3.25. The number of carbonyl (C=O) groups excluding carboxylic acids is 2. The van der Waals surface area contributed by atoms with Gasteiger partial charge in [-0.25, -0.2) is 22.9 Å². The van der Waals surface area contributed by atoms with Crippen LogP contribution in [0, 0.1) is 12.7 Å². The van der Waals surface area contributed by atoms with E-state index in [4.69, 9.17) is 4.74 Å². The fourth-order valence-corrected chi connectivity index (χ4v) is 5.16. The van der Waals surface area contributed by atoms with Gasteiger partial charge in [0.25, 0.3) is 12.3 Å². The Labute approximate surface area is 232 Å². The van der Waals surface area contributed by atoms with Crippen LogP contribution in [0.15, 0.2) is 36.7 Å². The van der Waals surface area contributed by atoms with Crippen molar-refractivity contribution in [1.29, 1.82) is 0 Å². The number of alkyl halides is 2. The number of hydrogen-bond donors (Lipinski definition) is 0. The average molecular weight is 559 g/mol. The number of amides is 2. The van der Waals surface area contributed by atoms with Crippen LogP contribution in [0.1, 0.15) is 75.1 Å². The molecular formula is C30H37F3N4O3. The summed E-state index contributed by atoms with van der Waals surface area (Å²) in [5, 5.41) is 0. The van der Waals surface area contributed by atoms with E-state index in [1.807, 2.05) is 44.4 Å². The fraction of sp³-hybridized carbons (Fsp3) is 0.500. The fourth-order valence-electron chi connectivity index (χ4n) is 5.16. The quantitative estimate of drug-likeness (QED) is 0.339. The Morgan fingerprint density at radius 3 is 2.40 bits per heavy atom. The Hall–Kier alpha value is -3.56. The number of likely N-dealkylation sites (tertiary alicyclic amines) is 1. The third kappa shape index (κ3) is 6.42. The van der Waals surface area contributed by atoms with Crippen molar-refractivity contribution in [2.24, 2.45) is 0 Å². The van der Waals surface area contributed by atoms with E-state index in [1.54, 1.807) is 24.9 Å². The van der Waals surface area contributed by atoms with Gasteiger partial charge in [0.15, 0.2) is 0 Å². The molecule has 216 valence electrons. The van der Waals surface area contributed by atoms with Crippen molar-refractivity contribution >= 4 is 17.5 Å². The highest BCUT2D eigenvalue weighted by Crippen LogP contribution is 2.36. The van der Waals surface area contributed by atoms with Crippen molar-refractivity contribution in [1.82, 2.24) is 19.2 Å². The molecule has 1 aromatic carbocycles. The number of halogens is 3. The summed E-state index contributed by atoms with van der Waals surface area (Å²) < 4.78 is 48.6. The first-order valence-electron chi connectivity index (χ1n) is 13.6. The zero-order valence-corrected chi connectivity index (χ0v) is 23.9. The lowest BCUT2D eigenvalue weighted by molar-refractivity contribution is 0.0204. The molecule has 2 amide bonds. The maximum absolute atomic E-state index is 14.5. The van der Waals surface area contributed by atoms with E-state index < -0.39 is 36.3 Å². The third-order valence-corrected chi connectivity index (χ3v) is 7.19. The van der Waals surface area contributed by atoms with Crippen molar-refractivity contribution in [3.63, 3.8) is 0 Å². The molecule has 0 N–H and O–H groups in total. The summed E-state index contributed by atoms with van der Waals surface area (Å²) in [6.07, 6.45) is 2.07. The second-order valence-corrected chi connectivity index (χ2v) is 11.6. The van der Waals surface area contributed by atoms with E-state index in [-0.39, 0.29) is 17.6 Å². The highest BCUT2D eigenvalue weighted by molar-refractivity contribution is 6.03. The van der Waals surface area contributed by atoms with E-state index in [0.29, 0.717) is 37.1 Å². The second-order valence-electron chi connectivity index (χ2n) is 11.6. The van der Waals surface area contributed by atoms with Gasteiger partial charge >= 0.3 is 6.09 Å². The highest BCUT2D eigenvalue weighted by atomic mass is 19.3. The first-order chi connectivity index (χ1) is 18.7. The Morgan fingerprint density at radius 1 is 1.12 bits per heavy atom. The molecule has 4 rings (SSSR count). The maximum Gasteiger partial charge on any atom is 0.410 e. The molecular weight excluding hydrogens is 521 g/mol. The number of piperidine rings is 1. The number of fused-ring (bicyclic) bond motifs is 1. The number of aromatic nitrogens is 2. The van der Waals surface area contributed by atoms with Crippen LogP contribution in [-0.2, 0) is 4.74 Å². The van der Waals surface area contributed by atoms with Crippen LogP contribution in [0.2, 0.25) is 0 Å². The maximum atomic E-state index is 14.5. The van der Waals surface area contributed by atoms with Crippen molar-refractivity contribution in [2.75, 3.05) is 19.6 Å². The summed E-state index contributed by atoms with van der Waals surface area (Å²) in [4.78, 5) is 33.3. The molecule has 3 aromatic rings. The van der Waals surface area contributed by atoms with Gasteiger partial charge in [-0.1, -0.05) is 6.07 Å². The lowest BCUT2D eigenvalue weighted by atomic mass is 9.88. The van der Waals surface area contributed by atoms with Crippen molar-refractivity contribution < 1.29 is 27.5 Å². The number of carbonyl (C=O) groups is 2. The van der Waals surface area contributed by atoms with E-state index in [9.17, 15) is 22.8 Å². The molecule has 0 radical (unpaired) electrons. The van der Waals surface area contributed by atoms with Crippen LogP contribution >= 0.6 is 0 Å². The van der Waals surface area contributed by atoms with Crippen molar-refractivity contribution in [3.05, 3.63) is 59.4 Å². The number of nitrogens with zero attached hydrogens (tertiary/aromatic N) is 4. The van der Waals surface area contributed by atoms with Gasteiger partial charge in [0.1, 0.15) is 17.2 Å². The minimum atomic E-state index is -2.72. The number of benzene rings is 1. The standard InChI is InChI=1S/C30H37F3N4O3/c1-18(2)36(17-27(32)33)28(38)25-14-22(31)7-8-23(25)24-13-21(16-37-19(3)34-15-26(24)37)20-9-11-35(12-10-20)29(39)40-30(4,5)6/h7-8,13-16,18,20,27H,9-12,17H2,1-6H3. The number of rotatable bonds is 6. The number of ether oxygens (including phenoxy) is 1. The topological polar surface area (TPSA) is 67.2 Å². The van der Waals surface area contributed by atoms with Crippen molar-refractivity contribution in [2.45, 2.75) is 78.4 Å². The SMILES string of the molecule is Cc1ncc2c(-c3ccc(F)cc3C(=O)N(CC(F)F)C(C)C)cc(C3CCN(C(=O)OC(C)(C)C)CC3)cn12. The zero-order chi connectivity index (χ0) is 29.4. The molecule has 0 aliphatic carbocycles. The summed E-state index contributed by atoms with van der Waals surface area (Å²) in [6.45, 7) is 11.0. The molecule has 40 heavy (non-hydrogen) atoms. The lowest BCUT2D eigenvalue weighted by Crippen LogP contribution is -2.41. The van der Waals surface area contributed by atoms with E-state index in [1.165, 1.54) is 12.1 Å². The number of imidazole rings is 1. The largest absolute Gasteiger partial charge is 0.444 e. The summed E-state index contributed by atoms with van der Waals surface area (Å²) in [7, 11) is 0. The van der Waals surface area contributed by atoms with Gasteiger partial charge < -0.3 is 18.9 Å². The molecule has 0 unspecified atom stereocenters. The lowest BCUT2D eigenvalue weighted by Gasteiger charge is -2.34. The smallest absolute Gasteiger partial charge is 0.410 e. The van der Waals surface area contributed by atoms with E-state index >= 15 is 0 Å². The Bertz CT molecular complexity index is 1390. The van der Waals surface area contributed by atoms with Gasteiger partial charge in [-0.2, -0.15) is 0 Å². The van der Waals surface area contributed by atoms with Crippen LogP contribution in [0.5, 0.6) is 0 Å². The second kappa shape index (κ2) is 11.5. The molecule has 0 spiro atoms. The first kappa shape index (κ1) is 29.4. The molecule has 0 bridgehead atoms. The van der Waals surface area contributed by atoms with Gasteiger partial charge in [-0.3, -0.25) is 4.79 Å². The van der Waals surface area contributed by atoms with Gasteiger partial charge in [0, 0.05) is 30.9 Å². The van der Waals surface area contributed by atoms with Gasteiger partial charge in [0.05, 0.1) is 23.8 Å². The minimum absolute atomic E-state index is 0.0204. The van der Waals surface area contributed by atoms with Crippen LogP contribution < -0.4 is 0 Å². The Kier molecular flexibility index (Phi) is 8.46. The molecule has 2 aromatic heterocycles. The molecule has 7 nitrogen and oxygen atoms in total. The van der Waals surface area contributed by atoms with Gasteiger partial charge in [-0.05, 0) is 89.6 Å². The minimum Gasteiger partial charge on any atom is -0.444 e. The first-order valence-corrected chi connectivity index (χ1v) is 13.6. The predicted octanol–water partition coefficient (Wildman–Crippen LogP) is 6.68. The number of aryl methyl sites for hydroxylation is 1. The van der Waals surface area contributed by atoms with Gasteiger partial charge in [-0.15, -0.1) is 0 Å². The van der Waals surface area contributed by atoms with Gasteiger partial charge in [0.2, 0.25) is 0 Å². The number of pyridine rings is 1. The molecule has 10 heteroatoms. The number of hydrogen-bond acceptors (Lipinski definition) is 4. The molecule has 3 heterocycles. The molecule has 1 saturated heterocycles.